The fraction of sp³-hybridized carbons (Fsp3) is 0.316. The molecule has 0 bridgehead atoms. The maximum Gasteiger partial charge on any atom is 0.224 e. The predicted octanol–water partition coefficient (Wildman–Crippen LogP) is 2.91. The van der Waals surface area contributed by atoms with Crippen molar-refractivity contribution in [3.05, 3.63) is 59.2 Å². The Balaban J connectivity index is 1.86. The topological polar surface area (TPSA) is 47.6 Å². The van der Waals surface area contributed by atoms with Gasteiger partial charge in [0.05, 0.1) is 20.6 Å². The maximum absolute atomic E-state index is 12.0. The van der Waals surface area contributed by atoms with Crippen molar-refractivity contribution in [2.24, 2.45) is 0 Å². The standard InChI is InChI=1S/C19H23NO3/c1-14-4-6-15(7-5-14)12-19(21)20-11-10-16-13-17(22-2)8-9-18(16)23-3/h4-9,13H,10-12H2,1-3H3,(H,20,21). The van der Waals surface area contributed by atoms with Gasteiger partial charge in [0.2, 0.25) is 5.91 Å². The lowest BCUT2D eigenvalue weighted by Crippen LogP contribution is -2.27. The van der Waals surface area contributed by atoms with E-state index >= 15 is 0 Å². The van der Waals surface area contributed by atoms with Gasteiger partial charge >= 0.3 is 0 Å². The molecule has 0 unspecified atom stereocenters. The number of nitrogens with one attached hydrogen (secondary N) is 1. The van der Waals surface area contributed by atoms with Crippen LogP contribution in [0.25, 0.3) is 0 Å². The summed E-state index contributed by atoms with van der Waals surface area (Å²) in [6.07, 6.45) is 1.09. The fourth-order valence-corrected chi connectivity index (χ4v) is 2.37. The van der Waals surface area contributed by atoms with Crippen LogP contribution in [0.5, 0.6) is 11.5 Å². The van der Waals surface area contributed by atoms with E-state index in [1.54, 1.807) is 14.2 Å². The first-order chi connectivity index (χ1) is 11.1. The van der Waals surface area contributed by atoms with E-state index in [1.165, 1.54) is 5.56 Å². The molecule has 1 N–H and O–H groups in total. The average Bonchev–Trinajstić information content (AvgIpc) is 2.57. The molecule has 0 fully saturated rings. The minimum absolute atomic E-state index is 0.0238. The van der Waals surface area contributed by atoms with Crippen LogP contribution in [0.2, 0.25) is 0 Å². The van der Waals surface area contributed by atoms with Gasteiger partial charge in [-0.25, -0.2) is 0 Å². The lowest BCUT2D eigenvalue weighted by molar-refractivity contribution is -0.120. The highest BCUT2D eigenvalue weighted by atomic mass is 16.5. The zero-order valence-corrected chi connectivity index (χ0v) is 13.9. The van der Waals surface area contributed by atoms with Crippen LogP contribution in [0.15, 0.2) is 42.5 Å². The molecule has 1 amide bonds. The monoisotopic (exact) mass is 313 g/mol. The van der Waals surface area contributed by atoms with E-state index in [2.05, 4.69) is 5.32 Å². The fourth-order valence-electron chi connectivity index (χ4n) is 2.37. The molecule has 0 saturated heterocycles. The largest absolute Gasteiger partial charge is 0.497 e. The molecule has 0 saturated carbocycles. The summed E-state index contributed by atoms with van der Waals surface area (Å²) >= 11 is 0. The van der Waals surface area contributed by atoms with Gasteiger partial charge < -0.3 is 14.8 Å². The normalized spacial score (nSPS) is 10.2. The molecule has 0 atom stereocenters. The molecule has 0 radical (unpaired) electrons. The third-order valence-corrected chi connectivity index (χ3v) is 3.69. The van der Waals surface area contributed by atoms with Crippen molar-refractivity contribution >= 4 is 5.91 Å². The van der Waals surface area contributed by atoms with E-state index in [0.29, 0.717) is 19.4 Å². The minimum Gasteiger partial charge on any atom is -0.497 e. The molecule has 122 valence electrons. The zero-order chi connectivity index (χ0) is 16.7. The van der Waals surface area contributed by atoms with E-state index < -0.39 is 0 Å². The average molecular weight is 313 g/mol. The number of ether oxygens (including phenoxy) is 2. The quantitative estimate of drug-likeness (QED) is 0.855. The first-order valence-corrected chi connectivity index (χ1v) is 7.65. The molecule has 4 nitrogen and oxygen atoms in total. The summed E-state index contributed by atoms with van der Waals surface area (Å²) in [6.45, 7) is 2.60. The van der Waals surface area contributed by atoms with Crippen molar-refractivity contribution in [2.45, 2.75) is 19.8 Å². The third kappa shape index (κ3) is 5.02. The molecule has 2 aromatic carbocycles. The first kappa shape index (κ1) is 16.9. The number of aryl methyl sites for hydroxylation is 1. The van der Waals surface area contributed by atoms with Gasteiger partial charge in [-0.2, -0.15) is 0 Å². The van der Waals surface area contributed by atoms with E-state index in [9.17, 15) is 4.79 Å². The molecule has 0 heterocycles. The zero-order valence-electron chi connectivity index (χ0n) is 13.9. The summed E-state index contributed by atoms with van der Waals surface area (Å²) in [7, 11) is 3.27. The highest BCUT2D eigenvalue weighted by Crippen LogP contribution is 2.24. The summed E-state index contributed by atoms with van der Waals surface area (Å²) < 4.78 is 10.6. The lowest BCUT2D eigenvalue weighted by Gasteiger charge is -2.11. The van der Waals surface area contributed by atoms with Gasteiger partial charge in [0.25, 0.3) is 0 Å². The molecule has 23 heavy (non-hydrogen) atoms. The minimum atomic E-state index is 0.0238. The highest BCUT2D eigenvalue weighted by molar-refractivity contribution is 5.78. The van der Waals surface area contributed by atoms with Crippen LogP contribution >= 0.6 is 0 Å². The molecular weight excluding hydrogens is 290 g/mol. The Bertz CT molecular complexity index is 650. The number of amides is 1. The van der Waals surface area contributed by atoms with Crippen LogP contribution in [0.4, 0.5) is 0 Å². The number of hydrogen-bond donors (Lipinski definition) is 1. The van der Waals surface area contributed by atoms with Gasteiger partial charge in [0.1, 0.15) is 11.5 Å². The molecule has 2 rings (SSSR count). The van der Waals surface area contributed by atoms with Crippen molar-refractivity contribution in [1.82, 2.24) is 5.32 Å². The van der Waals surface area contributed by atoms with E-state index in [4.69, 9.17) is 9.47 Å². The van der Waals surface area contributed by atoms with Crippen LogP contribution in [0.1, 0.15) is 16.7 Å². The molecule has 0 aromatic heterocycles. The van der Waals surface area contributed by atoms with Gasteiger partial charge in [0, 0.05) is 6.54 Å². The molecular formula is C19H23NO3. The van der Waals surface area contributed by atoms with Gasteiger partial charge in [0.15, 0.2) is 0 Å². The van der Waals surface area contributed by atoms with Crippen LogP contribution in [-0.4, -0.2) is 26.7 Å². The summed E-state index contributed by atoms with van der Waals surface area (Å²) in [5.41, 5.74) is 3.23. The Kier molecular flexibility index (Phi) is 6.03. The second-order valence-electron chi connectivity index (χ2n) is 5.44. The lowest BCUT2D eigenvalue weighted by atomic mass is 10.1. The molecule has 4 heteroatoms. The van der Waals surface area contributed by atoms with Crippen molar-refractivity contribution in [3.63, 3.8) is 0 Å². The van der Waals surface area contributed by atoms with Gasteiger partial charge in [-0.1, -0.05) is 29.8 Å². The number of carbonyl (C=O) groups is 1. The van der Waals surface area contributed by atoms with E-state index in [1.807, 2.05) is 49.4 Å². The van der Waals surface area contributed by atoms with E-state index in [0.717, 1.165) is 22.6 Å². The smallest absolute Gasteiger partial charge is 0.224 e. The number of methoxy groups -OCH3 is 2. The Labute approximate surface area is 137 Å². The van der Waals surface area contributed by atoms with Crippen molar-refractivity contribution in [2.75, 3.05) is 20.8 Å². The number of hydrogen-bond acceptors (Lipinski definition) is 3. The first-order valence-electron chi connectivity index (χ1n) is 7.65. The Hall–Kier alpha value is -2.49. The van der Waals surface area contributed by atoms with Gasteiger partial charge in [-0.15, -0.1) is 0 Å². The van der Waals surface area contributed by atoms with Crippen molar-refractivity contribution < 1.29 is 14.3 Å². The molecule has 0 aliphatic carbocycles. The van der Waals surface area contributed by atoms with Crippen LogP contribution < -0.4 is 14.8 Å². The Morgan fingerprint density at radius 3 is 2.43 bits per heavy atom. The summed E-state index contributed by atoms with van der Waals surface area (Å²) in [4.78, 5) is 12.0. The highest BCUT2D eigenvalue weighted by Gasteiger charge is 2.07. The van der Waals surface area contributed by atoms with Crippen molar-refractivity contribution in [3.8, 4) is 11.5 Å². The summed E-state index contributed by atoms with van der Waals surface area (Å²) in [5.74, 6) is 1.61. The molecule has 0 aliphatic rings. The molecule has 2 aromatic rings. The molecule has 0 aliphatic heterocycles. The second-order valence-corrected chi connectivity index (χ2v) is 5.44. The van der Waals surface area contributed by atoms with Crippen LogP contribution in [-0.2, 0) is 17.6 Å². The number of benzene rings is 2. The summed E-state index contributed by atoms with van der Waals surface area (Å²) in [6, 6.07) is 13.7. The Morgan fingerprint density at radius 1 is 1.04 bits per heavy atom. The SMILES string of the molecule is COc1ccc(OC)c(CCNC(=O)Cc2ccc(C)cc2)c1. The molecule has 0 spiro atoms. The predicted molar refractivity (Wildman–Crippen MR) is 91.1 cm³/mol. The number of carbonyl (C=O) groups excluding carboxylic acids is 1. The Morgan fingerprint density at radius 2 is 1.78 bits per heavy atom. The number of rotatable bonds is 7. The second kappa shape index (κ2) is 8.22. The van der Waals surface area contributed by atoms with Crippen LogP contribution in [0, 0.1) is 6.92 Å². The third-order valence-electron chi connectivity index (χ3n) is 3.69. The van der Waals surface area contributed by atoms with Crippen molar-refractivity contribution in [1.29, 1.82) is 0 Å². The van der Waals surface area contributed by atoms with Crippen LogP contribution in [0.3, 0.4) is 0 Å². The van der Waals surface area contributed by atoms with Gasteiger partial charge in [-0.3, -0.25) is 4.79 Å². The maximum atomic E-state index is 12.0. The van der Waals surface area contributed by atoms with E-state index in [-0.39, 0.29) is 5.91 Å². The van der Waals surface area contributed by atoms with Gasteiger partial charge in [-0.05, 0) is 42.7 Å². The summed E-state index contributed by atoms with van der Waals surface area (Å²) in [5, 5.41) is 2.95.